The lowest BCUT2D eigenvalue weighted by atomic mass is 9.84. The highest BCUT2D eigenvalue weighted by Crippen LogP contribution is 2.48. The number of carbonyl (C=O) groups is 1. The number of ether oxygens (including phenoxy) is 1. The van der Waals surface area contributed by atoms with E-state index < -0.39 is 0 Å². The molecule has 180 valence electrons. The first-order valence-electron chi connectivity index (χ1n) is 12.9. The second kappa shape index (κ2) is 8.49. The number of aryl methyl sites for hydroxylation is 1. The van der Waals surface area contributed by atoms with Gasteiger partial charge >= 0.3 is 0 Å². The predicted molar refractivity (Wildman–Crippen MR) is 140 cm³/mol. The molecule has 1 aliphatic carbocycles. The number of nitrogens with zero attached hydrogens (tertiary/aromatic N) is 2. The first-order valence-corrected chi connectivity index (χ1v) is 12.9. The highest BCUT2D eigenvalue weighted by atomic mass is 16.5. The molecule has 3 fully saturated rings. The van der Waals surface area contributed by atoms with Crippen molar-refractivity contribution in [3.05, 3.63) is 77.5 Å². The van der Waals surface area contributed by atoms with E-state index in [1.165, 1.54) is 25.9 Å². The zero-order chi connectivity index (χ0) is 24.0. The molecule has 0 radical (unpaired) electrons. The van der Waals surface area contributed by atoms with Crippen molar-refractivity contribution in [2.75, 3.05) is 19.6 Å². The van der Waals surface area contributed by atoms with Crippen LogP contribution < -0.4 is 10.1 Å². The van der Waals surface area contributed by atoms with E-state index in [2.05, 4.69) is 33.9 Å². The van der Waals surface area contributed by atoms with Crippen LogP contribution in [0, 0.1) is 6.92 Å². The zero-order valence-corrected chi connectivity index (χ0v) is 20.5. The number of pyridine rings is 1. The van der Waals surface area contributed by atoms with Gasteiger partial charge in [0.2, 0.25) is 0 Å². The number of hydrogen-bond acceptors (Lipinski definition) is 4. The molecule has 2 saturated heterocycles. The van der Waals surface area contributed by atoms with Crippen LogP contribution in [0.2, 0.25) is 0 Å². The minimum atomic E-state index is -0.368. The highest BCUT2D eigenvalue weighted by molar-refractivity contribution is 5.97. The summed E-state index contributed by atoms with van der Waals surface area (Å²) in [5, 5.41) is 4.48. The molecule has 3 heterocycles. The molecule has 0 unspecified atom stereocenters. The topological polar surface area (TPSA) is 54.5 Å². The van der Waals surface area contributed by atoms with E-state index in [9.17, 15) is 4.79 Å². The fourth-order valence-corrected chi connectivity index (χ4v) is 6.09. The van der Waals surface area contributed by atoms with Gasteiger partial charge in [0.15, 0.2) is 0 Å². The summed E-state index contributed by atoms with van der Waals surface area (Å²) in [4.78, 5) is 20.7. The number of piperidine rings is 2. The van der Waals surface area contributed by atoms with Crippen LogP contribution in [0.3, 0.4) is 0 Å². The van der Waals surface area contributed by atoms with Crippen molar-refractivity contribution in [1.29, 1.82) is 0 Å². The second-order valence-corrected chi connectivity index (χ2v) is 10.6. The summed E-state index contributed by atoms with van der Waals surface area (Å²) in [6, 6.07) is 14.2. The molecule has 35 heavy (non-hydrogen) atoms. The van der Waals surface area contributed by atoms with Gasteiger partial charge in [-0.05, 0) is 106 Å². The average molecular weight is 468 g/mol. The molecule has 6 rings (SSSR count). The molecule has 1 amide bonds. The van der Waals surface area contributed by atoms with Gasteiger partial charge in [0.05, 0.1) is 11.1 Å². The number of carbonyl (C=O) groups excluding carboxylic acids is 1. The van der Waals surface area contributed by atoms with Gasteiger partial charge in [-0.25, -0.2) is 0 Å². The van der Waals surface area contributed by atoms with E-state index in [1.54, 1.807) is 0 Å². The summed E-state index contributed by atoms with van der Waals surface area (Å²) >= 11 is 0. The van der Waals surface area contributed by atoms with Gasteiger partial charge in [-0.15, -0.1) is 0 Å². The lowest BCUT2D eigenvalue weighted by molar-refractivity contribution is -0.0426. The minimum Gasteiger partial charge on any atom is -0.486 e. The summed E-state index contributed by atoms with van der Waals surface area (Å²) in [6.07, 6.45) is 10.0. The van der Waals surface area contributed by atoms with Gasteiger partial charge in [0.1, 0.15) is 11.4 Å². The Morgan fingerprint density at radius 3 is 2.66 bits per heavy atom. The Kier molecular flexibility index (Phi) is 5.41. The maximum Gasteiger partial charge on any atom is 0.252 e. The van der Waals surface area contributed by atoms with Gasteiger partial charge in [-0.1, -0.05) is 24.8 Å². The number of hydrogen-bond donors (Lipinski definition) is 1. The Bertz CT molecular complexity index is 1300. The van der Waals surface area contributed by atoms with Crippen LogP contribution in [0.5, 0.6) is 5.75 Å². The van der Waals surface area contributed by atoms with Crippen LogP contribution in [-0.4, -0.2) is 41.0 Å². The third-order valence-corrected chi connectivity index (χ3v) is 8.11. The molecule has 3 aromatic rings. The maximum atomic E-state index is 13.6. The van der Waals surface area contributed by atoms with Gasteiger partial charge in [-0.2, -0.15) is 0 Å². The fourth-order valence-electron chi connectivity index (χ4n) is 6.09. The molecular formula is C30H33N3O2. The Morgan fingerprint density at radius 1 is 1.11 bits per heavy atom. The molecule has 3 aliphatic rings. The van der Waals surface area contributed by atoms with E-state index in [4.69, 9.17) is 4.74 Å². The zero-order valence-electron chi connectivity index (χ0n) is 20.5. The van der Waals surface area contributed by atoms with Gasteiger partial charge in [0, 0.05) is 23.7 Å². The van der Waals surface area contributed by atoms with E-state index >= 15 is 0 Å². The number of aromatic nitrogens is 1. The van der Waals surface area contributed by atoms with Crippen LogP contribution in [0.15, 0.2) is 55.2 Å². The molecule has 1 saturated carbocycles. The number of nitrogens with one attached hydrogen (secondary N) is 1. The predicted octanol–water partition coefficient (Wildman–Crippen LogP) is 5.61. The summed E-state index contributed by atoms with van der Waals surface area (Å²) < 4.78 is 6.64. The Balaban J connectivity index is 1.28. The van der Waals surface area contributed by atoms with Crippen LogP contribution in [0.4, 0.5) is 0 Å². The van der Waals surface area contributed by atoms with Crippen molar-refractivity contribution in [3.63, 3.8) is 0 Å². The van der Waals surface area contributed by atoms with E-state index in [-0.39, 0.29) is 17.0 Å². The van der Waals surface area contributed by atoms with Crippen molar-refractivity contribution in [3.8, 4) is 5.75 Å². The standard InChI is InChI=1S/C30H33N3O2/c1-3-22-17-26(24-7-4-14-31-27(24)18-22)30(12-13-30)32-28(34)25-19-23(9-8-21(25)2)35-29-10-5-15-33(20-29)16-6-11-29/h3-4,7-9,14,17-19H,1,5-6,10-13,15-16,20H2,2H3,(H,32,34). The largest absolute Gasteiger partial charge is 0.486 e. The SMILES string of the molecule is C=Cc1cc(C2(NC(=O)c3cc(OC45CCCN(CCC4)C5)ccc3C)CC2)c2cccnc2c1. The minimum absolute atomic E-state index is 0.0436. The van der Waals surface area contributed by atoms with Crippen molar-refractivity contribution in [2.24, 2.45) is 0 Å². The molecule has 0 spiro atoms. The molecule has 1 aromatic heterocycles. The monoisotopic (exact) mass is 467 g/mol. The van der Waals surface area contributed by atoms with Crippen LogP contribution in [0.1, 0.15) is 65.6 Å². The number of rotatable bonds is 6. The normalized spacial score (nSPS) is 24.5. The molecule has 5 nitrogen and oxygen atoms in total. The molecule has 2 bridgehead atoms. The molecule has 1 N–H and O–H groups in total. The van der Waals surface area contributed by atoms with Crippen LogP contribution >= 0.6 is 0 Å². The van der Waals surface area contributed by atoms with Crippen LogP contribution in [-0.2, 0) is 5.54 Å². The van der Waals surface area contributed by atoms with Crippen molar-refractivity contribution in [2.45, 2.75) is 56.6 Å². The molecule has 2 aliphatic heterocycles. The summed E-state index contributed by atoms with van der Waals surface area (Å²) in [7, 11) is 0. The third-order valence-electron chi connectivity index (χ3n) is 8.11. The third kappa shape index (κ3) is 4.12. The summed E-state index contributed by atoms with van der Waals surface area (Å²) in [6.45, 7) is 9.28. The van der Waals surface area contributed by atoms with E-state index in [0.717, 1.165) is 65.6 Å². The summed E-state index contributed by atoms with van der Waals surface area (Å²) in [5.74, 6) is 0.760. The van der Waals surface area contributed by atoms with E-state index in [0.29, 0.717) is 5.56 Å². The molecular weight excluding hydrogens is 434 g/mol. The average Bonchev–Trinajstić information content (AvgIpc) is 3.64. The molecule has 5 heteroatoms. The fraction of sp³-hybridized carbons (Fsp3) is 0.400. The van der Waals surface area contributed by atoms with Gasteiger partial charge in [-0.3, -0.25) is 14.7 Å². The van der Waals surface area contributed by atoms with Crippen molar-refractivity contribution < 1.29 is 9.53 Å². The number of fused-ring (bicyclic) bond motifs is 3. The first kappa shape index (κ1) is 22.3. The van der Waals surface area contributed by atoms with Crippen LogP contribution in [0.25, 0.3) is 17.0 Å². The smallest absolute Gasteiger partial charge is 0.252 e. The quantitative estimate of drug-likeness (QED) is 0.512. The van der Waals surface area contributed by atoms with Gasteiger partial charge in [0.25, 0.3) is 5.91 Å². The number of benzene rings is 2. The lowest BCUT2D eigenvalue weighted by Gasteiger charge is -2.46. The van der Waals surface area contributed by atoms with E-state index in [1.807, 2.05) is 49.5 Å². The number of amides is 1. The Morgan fingerprint density at radius 2 is 1.91 bits per heavy atom. The summed E-state index contributed by atoms with van der Waals surface area (Å²) in [5.41, 5.74) is 4.24. The van der Waals surface area contributed by atoms with Crippen molar-refractivity contribution >= 4 is 22.9 Å². The van der Waals surface area contributed by atoms with Gasteiger partial charge < -0.3 is 10.1 Å². The Labute approximate surface area is 207 Å². The lowest BCUT2D eigenvalue weighted by Crippen LogP contribution is -2.55. The maximum absolute atomic E-state index is 13.6. The molecule has 0 atom stereocenters. The van der Waals surface area contributed by atoms with Crippen molar-refractivity contribution in [1.82, 2.24) is 15.2 Å². The first-order chi connectivity index (χ1) is 17.0. The molecule has 2 aromatic carbocycles. The Hall–Kier alpha value is -3.18. The second-order valence-electron chi connectivity index (χ2n) is 10.6. The highest BCUT2D eigenvalue weighted by Gasteiger charge is 2.47.